The molecule has 0 saturated carbocycles. The summed E-state index contributed by atoms with van der Waals surface area (Å²) in [4.78, 5) is 2.33. The number of nitrogens with zero attached hydrogens (tertiary/aromatic N) is 1. The number of allylic oxidation sites excluding steroid dienone is 1. The van der Waals surface area contributed by atoms with E-state index in [1.54, 1.807) is 0 Å². The van der Waals surface area contributed by atoms with E-state index < -0.39 is 0 Å². The van der Waals surface area contributed by atoms with E-state index in [0.29, 0.717) is 5.82 Å². The summed E-state index contributed by atoms with van der Waals surface area (Å²) >= 11 is 0. The van der Waals surface area contributed by atoms with Crippen LogP contribution in [0.2, 0.25) is 0 Å². The molecule has 0 amide bonds. The summed E-state index contributed by atoms with van der Waals surface area (Å²) in [5.41, 5.74) is 12.6. The van der Waals surface area contributed by atoms with Crippen LogP contribution in [0.4, 0.5) is 0 Å². The van der Waals surface area contributed by atoms with Gasteiger partial charge in [-0.05, 0) is 12.8 Å². The molecule has 80 valence electrons. The molecule has 0 saturated heterocycles. The van der Waals surface area contributed by atoms with E-state index in [2.05, 4.69) is 29.6 Å². The number of hydrogen-bond donors (Lipinski definition) is 3. The first-order valence-corrected chi connectivity index (χ1v) is 5.21. The Morgan fingerprint density at radius 1 is 1.29 bits per heavy atom. The van der Waals surface area contributed by atoms with Crippen LogP contribution < -0.4 is 16.6 Å². The lowest BCUT2D eigenvalue weighted by molar-refractivity contribution is 0.348. The summed E-state index contributed by atoms with van der Waals surface area (Å²) in [6.45, 7) is 6.52. The van der Waals surface area contributed by atoms with Gasteiger partial charge in [-0.2, -0.15) is 0 Å². The molecule has 0 radical (unpaired) electrons. The van der Waals surface area contributed by atoms with Crippen molar-refractivity contribution in [2.45, 2.75) is 26.7 Å². The lowest BCUT2D eigenvalue weighted by atomic mass is 10.3. The second-order valence-corrected chi connectivity index (χ2v) is 3.43. The van der Waals surface area contributed by atoms with Crippen LogP contribution in [0.1, 0.15) is 26.7 Å². The van der Waals surface area contributed by atoms with Crippen molar-refractivity contribution in [2.75, 3.05) is 13.1 Å². The van der Waals surface area contributed by atoms with Gasteiger partial charge in [-0.3, -0.25) is 5.43 Å². The number of nitrogens with one attached hydrogen (secondary N) is 2. The average Bonchev–Trinajstić information content (AvgIpc) is 2.17. The highest BCUT2D eigenvalue weighted by atomic mass is 15.4. The van der Waals surface area contributed by atoms with Gasteiger partial charge in [-0.25, -0.2) is 0 Å². The normalized spacial score (nSPS) is 15.0. The van der Waals surface area contributed by atoms with Crippen molar-refractivity contribution in [3.05, 3.63) is 23.8 Å². The molecule has 0 aliphatic carbocycles. The molecule has 0 aromatic rings. The molecule has 4 N–H and O–H groups in total. The van der Waals surface area contributed by atoms with E-state index in [1.165, 1.54) is 0 Å². The third kappa shape index (κ3) is 2.87. The first-order valence-electron chi connectivity index (χ1n) is 5.21. The van der Waals surface area contributed by atoms with Crippen LogP contribution in [0.3, 0.4) is 0 Å². The molecule has 0 unspecified atom stereocenters. The number of rotatable bonds is 5. The van der Waals surface area contributed by atoms with Gasteiger partial charge in [-0.1, -0.05) is 13.8 Å². The van der Waals surface area contributed by atoms with Crippen molar-refractivity contribution in [2.24, 2.45) is 5.73 Å². The predicted molar refractivity (Wildman–Crippen MR) is 58.8 cm³/mol. The minimum absolute atomic E-state index is 0.666. The van der Waals surface area contributed by atoms with Crippen LogP contribution in [-0.2, 0) is 0 Å². The van der Waals surface area contributed by atoms with Crippen molar-refractivity contribution in [3.8, 4) is 0 Å². The van der Waals surface area contributed by atoms with Gasteiger partial charge in [0.05, 0.1) is 5.70 Å². The SMILES string of the molecule is CCCN(CCC)C1=CNNC(N)=C1. The van der Waals surface area contributed by atoms with Crippen LogP contribution in [0.25, 0.3) is 0 Å². The third-order valence-corrected chi connectivity index (χ3v) is 2.09. The van der Waals surface area contributed by atoms with Crippen molar-refractivity contribution < 1.29 is 0 Å². The molecule has 0 bridgehead atoms. The van der Waals surface area contributed by atoms with Crippen LogP contribution >= 0.6 is 0 Å². The topological polar surface area (TPSA) is 53.3 Å². The van der Waals surface area contributed by atoms with E-state index in [-0.39, 0.29) is 0 Å². The molecule has 1 aliphatic rings. The summed E-state index contributed by atoms with van der Waals surface area (Å²) < 4.78 is 0. The molecule has 1 aliphatic heterocycles. The maximum Gasteiger partial charge on any atom is 0.117 e. The maximum atomic E-state index is 5.68. The van der Waals surface area contributed by atoms with Crippen LogP contribution in [0.5, 0.6) is 0 Å². The summed E-state index contributed by atoms with van der Waals surface area (Å²) in [6.07, 6.45) is 6.21. The molecule has 0 spiro atoms. The molecular formula is C10H20N4. The molecule has 4 heteroatoms. The molecule has 0 aromatic heterocycles. The van der Waals surface area contributed by atoms with E-state index in [0.717, 1.165) is 31.6 Å². The summed E-state index contributed by atoms with van der Waals surface area (Å²) in [7, 11) is 0. The van der Waals surface area contributed by atoms with Gasteiger partial charge in [0.2, 0.25) is 0 Å². The lowest BCUT2D eigenvalue weighted by Crippen LogP contribution is -2.37. The Balaban J connectivity index is 2.62. The van der Waals surface area contributed by atoms with Gasteiger partial charge in [-0.15, -0.1) is 0 Å². The first kappa shape index (κ1) is 10.8. The summed E-state index contributed by atoms with van der Waals surface area (Å²) in [6, 6.07) is 0. The van der Waals surface area contributed by atoms with Gasteiger partial charge in [0.25, 0.3) is 0 Å². The van der Waals surface area contributed by atoms with Crippen molar-refractivity contribution in [1.82, 2.24) is 15.8 Å². The number of hydrazine groups is 1. The molecule has 1 rings (SSSR count). The smallest absolute Gasteiger partial charge is 0.117 e. The fourth-order valence-corrected chi connectivity index (χ4v) is 1.52. The zero-order valence-electron chi connectivity index (χ0n) is 9.01. The van der Waals surface area contributed by atoms with Crippen LogP contribution in [0.15, 0.2) is 23.8 Å². The van der Waals surface area contributed by atoms with Crippen LogP contribution in [-0.4, -0.2) is 18.0 Å². The number of nitrogens with two attached hydrogens (primary N) is 1. The fourth-order valence-electron chi connectivity index (χ4n) is 1.52. The van der Waals surface area contributed by atoms with Crippen molar-refractivity contribution in [1.29, 1.82) is 0 Å². The second-order valence-electron chi connectivity index (χ2n) is 3.43. The third-order valence-electron chi connectivity index (χ3n) is 2.09. The molecule has 0 aromatic carbocycles. The quantitative estimate of drug-likeness (QED) is 0.610. The van der Waals surface area contributed by atoms with Crippen molar-refractivity contribution in [3.63, 3.8) is 0 Å². The molecule has 1 heterocycles. The molecule has 14 heavy (non-hydrogen) atoms. The van der Waals surface area contributed by atoms with E-state index in [1.807, 2.05) is 12.3 Å². The monoisotopic (exact) mass is 196 g/mol. The first-order chi connectivity index (χ1) is 6.77. The Labute approximate surface area is 85.8 Å². The Kier molecular flexibility index (Phi) is 4.16. The lowest BCUT2D eigenvalue weighted by Gasteiger charge is -2.27. The second kappa shape index (κ2) is 5.42. The average molecular weight is 196 g/mol. The highest BCUT2D eigenvalue weighted by Crippen LogP contribution is 2.09. The van der Waals surface area contributed by atoms with Gasteiger partial charge < -0.3 is 16.1 Å². The number of hydrogen-bond acceptors (Lipinski definition) is 4. The molecular weight excluding hydrogens is 176 g/mol. The van der Waals surface area contributed by atoms with Gasteiger partial charge >= 0.3 is 0 Å². The Morgan fingerprint density at radius 3 is 2.43 bits per heavy atom. The summed E-state index contributed by atoms with van der Waals surface area (Å²) in [5, 5.41) is 0. The van der Waals surface area contributed by atoms with Gasteiger partial charge in [0, 0.05) is 25.4 Å². The molecule has 4 nitrogen and oxygen atoms in total. The van der Waals surface area contributed by atoms with Gasteiger partial charge in [0.15, 0.2) is 0 Å². The zero-order valence-corrected chi connectivity index (χ0v) is 9.01. The van der Waals surface area contributed by atoms with E-state index in [4.69, 9.17) is 5.73 Å². The largest absolute Gasteiger partial charge is 0.384 e. The summed E-state index contributed by atoms with van der Waals surface area (Å²) in [5.74, 6) is 0.666. The van der Waals surface area contributed by atoms with Gasteiger partial charge in [0.1, 0.15) is 5.82 Å². The minimum Gasteiger partial charge on any atom is -0.384 e. The Bertz CT molecular complexity index is 226. The maximum absolute atomic E-state index is 5.68. The van der Waals surface area contributed by atoms with E-state index >= 15 is 0 Å². The van der Waals surface area contributed by atoms with E-state index in [9.17, 15) is 0 Å². The van der Waals surface area contributed by atoms with Crippen molar-refractivity contribution >= 4 is 0 Å². The highest BCUT2D eigenvalue weighted by molar-refractivity contribution is 5.22. The van der Waals surface area contributed by atoms with Crippen LogP contribution in [0, 0.1) is 0 Å². The highest BCUT2D eigenvalue weighted by Gasteiger charge is 2.08. The minimum atomic E-state index is 0.666. The molecule has 0 fully saturated rings. The Hall–Kier alpha value is -1.32. The predicted octanol–water partition coefficient (Wildman–Crippen LogP) is 0.858. The Morgan fingerprint density at radius 2 is 1.93 bits per heavy atom. The fraction of sp³-hybridized carbons (Fsp3) is 0.600. The zero-order chi connectivity index (χ0) is 10.4. The standard InChI is InChI=1S/C10H20N4/c1-3-5-14(6-4-2)9-7-10(11)13-12-8-9/h7-8,12-13H,3-6,11H2,1-2H3. The molecule has 0 atom stereocenters.